The average molecular weight is 232 g/mol. The van der Waals surface area contributed by atoms with Crippen molar-refractivity contribution in [2.45, 2.75) is 26.4 Å². The summed E-state index contributed by atoms with van der Waals surface area (Å²) in [5.41, 5.74) is -0.270. The molecular formula is C11H24N2O3. The molecule has 0 aliphatic carbocycles. The van der Waals surface area contributed by atoms with Gasteiger partial charge in [0, 0.05) is 26.7 Å². The highest BCUT2D eigenvalue weighted by atomic mass is 16.5. The summed E-state index contributed by atoms with van der Waals surface area (Å²) in [6.45, 7) is 8.71. The molecule has 0 saturated heterocycles. The molecule has 0 aliphatic heterocycles. The van der Waals surface area contributed by atoms with Gasteiger partial charge in [0.2, 0.25) is 5.91 Å². The summed E-state index contributed by atoms with van der Waals surface area (Å²) < 4.78 is 10.2. The lowest BCUT2D eigenvalue weighted by Crippen LogP contribution is -2.36. The number of hydrogen-bond donors (Lipinski definition) is 2. The molecule has 1 amide bonds. The van der Waals surface area contributed by atoms with Crippen LogP contribution in [0.5, 0.6) is 0 Å². The fourth-order valence-corrected chi connectivity index (χ4v) is 0.923. The highest BCUT2D eigenvalue weighted by Gasteiger charge is 2.12. The van der Waals surface area contributed by atoms with Gasteiger partial charge in [-0.3, -0.25) is 4.79 Å². The van der Waals surface area contributed by atoms with Crippen LogP contribution in [0.4, 0.5) is 0 Å². The minimum atomic E-state index is -0.270. The average Bonchev–Trinajstić information content (AvgIpc) is 2.19. The quantitative estimate of drug-likeness (QED) is 0.585. The maximum absolute atomic E-state index is 11.3. The van der Waals surface area contributed by atoms with Gasteiger partial charge in [-0.1, -0.05) is 0 Å². The van der Waals surface area contributed by atoms with Crippen molar-refractivity contribution in [1.29, 1.82) is 0 Å². The van der Waals surface area contributed by atoms with Gasteiger partial charge in [0.25, 0.3) is 0 Å². The second-order valence-corrected chi connectivity index (χ2v) is 4.49. The number of methoxy groups -OCH3 is 1. The summed E-state index contributed by atoms with van der Waals surface area (Å²) >= 11 is 0. The van der Waals surface area contributed by atoms with E-state index in [0.717, 1.165) is 13.1 Å². The van der Waals surface area contributed by atoms with Crippen molar-refractivity contribution in [2.24, 2.45) is 0 Å². The first-order valence-corrected chi connectivity index (χ1v) is 5.56. The van der Waals surface area contributed by atoms with Crippen LogP contribution in [0.15, 0.2) is 0 Å². The lowest BCUT2D eigenvalue weighted by molar-refractivity contribution is -0.130. The lowest BCUT2D eigenvalue weighted by Gasteiger charge is -2.18. The van der Waals surface area contributed by atoms with Crippen LogP contribution in [0.1, 0.15) is 20.8 Å². The molecule has 0 saturated carbocycles. The summed E-state index contributed by atoms with van der Waals surface area (Å²) in [4.78, 5) is 11.3. The maximum Gasteiger partial charge on any atom is 0.246 e. The Morgan fingerprint density at radius 1 is 1.19 bits per heavy atom. The van der Waals surface area contributed by atoms with Crippen molar-refractivity contribution in [2.75, 3.05) is 40.0 Å². The Balaban J connectivity index is 3.31. The molecule has 0 aromatic carbocycles. The van der Waals surface area contributed by atoms with Gasteiger partial charge in [-0.25, -0.2) is 0 Å². The zero-order chi connectivity index (χ0) is 12.4. The predicted molar refractivity (Wildman–Crippen MR) is 63.5 cm³/mol. The monoisotopic (exact) mass is 232 g/mol. The number of rotatable bonds is 8. The van der Waals surface area contributed by atoms with Crippen molar-refractivity contribution in [3.63, 3.8) is 0 Å². The highest BCUT2D eigenvalue weighted by Crippen LogP contribution is 2.05. The molecule has 0 atom stereocenters. The molecular weight excluding hydrogens is 208 g/mol. The van der Waals surface area contributed by atoms with Crippen molar-refractivity contribution in [3.05, 3.63) is 0 Å². The summed E-state index contributed by atoms with van der Waals surface area (Å²) in [5.74, 6) is -0.0801. The Labute approximate surface area is 97.9 Å². The highest BCUT2D eigenvalue weighted by molar-refractivity contribution is 5.77. The summed E-state index contributed by atoms with van der Waals surface area (Å²) in [7, 11) is 1.66. The van der Waals surface area contributed by atoms with E-state index in [4.69, 9.17) is 9.47 Å². The van der Waals surface area contributed by atoms with Gasteiger partial charge >= 0.3 is 0 Å². The fourth-order valence-electron chi connectivity index (χ4n) is 0.923. The van der Waals surface area contributed by atoms with Gasteiger partial charge < -0.3 is 20.1 Å². The van der Waals surface area contributed by atoms with E-state index in [-0.39, 0.29) is 18.1 Å². The van der Waals surface area contributed by atoms with Crippen molar-refractivity contribution >= 4 is 5.91 Å². The topological polar surface area (TPSA) is 59.6 Å². The molecule has 2 N–H and O–H groups in total. The third-order valence-corrected chi connectivity index (χ3v) is 1.74. The molecule has 0 bridgehead atoms. The SMILES string of the molecule is COCCNCCNC(=O)COC(C)(C)C. The van der Waals surface area contributed by atoms with Gasteiger partial charge in [0.1, 0.15) is 6.61 Å². The van der Waals surface area contributed by atoms with E-state index in [1.54, 1.807) is 7.11 Å². The molecule has 16 heavy (non-hydrogen) atoms. The maximum atomic E-state index is 11.3. The molecule has 0 aliphatic rings. The molecule has 0 unspecified atom stereocenters. The summed E-state index contributed by atoms with van der Waals surface area (Å²) in [6, 6.07) is 0. The first kappa shape index (κ1) is 15.3. The van der Waals surface area contributed by atoms with Gasteiger partial charge in [0.05, 0.1) is 12.2 Å². The molecule has 0 rings (SSSR count). The van der Waals surface area contributed by atoms with Crippen LogP contribution in [0.2, 0.25) is 0 Å². The van der Waals surface area contributed by atoms with E-state index in [0.29, 0.717) is 13.2 Å². The fraction of sp³-hybridized carbons (Fsp3) is 0.909. The molecule has 0 aromatic heterocycles. The number of hydrogen-bond acceptors (Lipinski definition) is 4. The third kappa shape index (κ3) is 11.4. The Morgan fingerprint density at radius 3 is 2.44 bits per heavy atom. The molecule has 0 spiro atoms. The van der Waals surface area contributed by atoms with Crippen LogP contribution in [-0.2, 0) is 14.3 Å². The number of carbonyl (C=O) groups excluding carboxylic acids is 1. The van der Waals surface area contributed by atoms with E-state index in [1.165, 1.54) is 0 Å². The zero-order valence-electron chi connectivity index (χ0n) is 10.8. The van der Waals surface area contributed by atoms with Crippen LogP contribution >= 0.6 is 0 Å². The summed E-state index contributed by atoms with van der Waals surface area (Å²) in [5, 5.41) is 5.90. The normalized spacial score (nSPS) is 11.5. The van der Waals surface area contributed by atoms with Gasteiger partial charge in [-0.15, -0.1) is 0 Å². The van der Waals surface area contributed by atoms with Crippen LogP contribution in [0.3, 0.4) is 0 Å². The van der Waals surface area contributed by atoms with Crippen LogP contribution in [-0.4, -0.2) is 51.5 Å². The minimum absolute atomic E-state index is 0.0801. The van der Waals surface area contributed by atoms with Gasteiger partial charge in [0.15, 0.2) is 0 Å². The molecule has 96 valence electrons. The van der Waals surface area contributed by atoms with Crippen LogP contribution in [0.25, 0.3) is 0 Å². The van der Waals surface area contributed by atoms with Crippen molar-refractivity contribution in [3.8, 4) is 0 Å². The molecule has 0 radical (unpaired) electrons. The zero-order valence-corrected chi connectivity index (χ0v) is 10.8. The molecule has 0 fully saturated rings. The first-order chi connectivity index (χ1) is 7.45. The Hall–Kier alpha value is -0.650. The molecule has 5 nitrogen and oxygen atoms in total. The third-order valence-electron chi connectivity index (χ3n) is 1.74. The van der Waals surface area contributed by atoms with E-state index in [1.807, 2.05) is 20.8 Å². The van der Waals surface area contributed by atoms with E-state index in [9.17, 15) is 4.79 Å². The molecule has 5 heteroatoms. The number of amides is 1. The van der Waals surface area contributed by atoms with E-state index >= 15 is 0 Å². The lowest BCUT2D eigenvalue weighted by atomic mass is 10.2. The Bertz CT molecular complexity index is 190. The van der Waals surface area contributed by atoms with Gasteiger partial charge in [-0.05, 0) is 20.8 Å². The number of ether oxygens (including phenoxy) is 2. The largest absolute Gasteiger partial charge is 0.383 e. The Kier molecular flexibility index (Phi) is 8.15. The number of nitrogens with one attached hydrogen (secondary N) is 2. The smallest absolute Gasteiger partial charge is 0.246 e. The van der Waals surface area contributed by atoms with E-state index in [2.05, 4.69) is 10.6 Å². The minimum Gasteiger partial charge on any atom is -0.383 e. The van der Waals surface area contributed by atoms with Crippen LogP contribution in [0, 0.1) is 0 Å². The van der Waals surface area contributed by atoms with Crippen molar-refractivity contribution in [1.82, 2.24) is 10.6 Å². The Morgan fingerprint density at radius 2 is 1.88 bits per heavy atom. The second kappa shape index (κ2) is 8.50. The van der Waals surface area contributed by atoms with Crippen LogP contribution < -0.4 is 10.6 Å². The predicted octanol–water partition coefficient (Wildman–Crippen LogP) is 0.154. The van der Waals surface area contributed by atoms with Gasteiger partial charge in [-0.2, -0.15) is 0 Å². The molecule has 0 heterocycles. The van der Waals surface area contributed by atoms with Crippen molar-refractivity contribution < 1.29 is 14.3 Å². The standard InChI is InChI=1S/C11H24N2O3/c1-11(2,3)16-9-10(14)13-6-5-12-7-8-15-4/h12H,5-9H2,1-4H3,(H,13,14). The van der Waals surface area contributed by atoms with E-state index < -0.39 is 0 Å². The first-order valence-electron chi connectivity index (χ1n) is 5.56. The summed E-state index contributed by atoms with van der Waals surface area (Å²) in [6.07, 6.45) is 0. The number of carbonyl (C=O) groups is 1. The second-order valence-electron chi connectivity index (χ2n) is 4.49. The molecule has 0 aromatic rings.